The van der Waals surface area contributed by atoms with Crippen LogP contribution in [0.5, 0.6) is 0 Å². The van der Waals surface area contributed by atoms with E-state index < -0.39 is 0 Å². The first-order valence-electron chi connectivity index (χ1n) is 6.68. The lowest BCUT2D eigenvalue weighted by Crippen LogP contribution is -2.25. The first kappa shape index (κ1) is 13.1. The first-order chi connectivity index (χ1) is 9.13. The molecular formula is C14H19N3S2. The van der Waals surface area contributed by atoms with Crippen LogP contribution < -0.4 is 5.73 Å². The van der Waals surface area contributed by atoms with E-state index in [4.69, 9.17) is 5.73 Å². The largest absolute Gasteiger partial charge is 0.375 e. The summed E-state index contributed by atoms with van der Waals surface area (Å²) in [7, 11) is 0. The molecule has 0 aromatic carbocycles. The van der Waals surface area contributed by atoms with Crippen molar-refractivity contribution in [3.63, 3.8) is 0 Å². The maximum Gasteiger partial charge on any atom is 0.180 e. The second-order valence-electron chi connectivity index (χ2n) is 5.27. The summed E-state index contributed by atoms with van der Waals surface area (Å²) in [6, 6.07) is 2.89. The van der Waals surface area contributed by atoms with Gasteiger partial charge >= 0.3 is 0 Å². The highest BCUT2D eigenvalue weighted by Crippen LogP contribution is 2.35. The molecule has 1 atom stereocenters. The molecule has 1 fully saturated rings. The summed E-state index contributed by atoms with van der Waals surface area (Å²) < 4.78 is 0. The van der Waals surface area contributed by atoms with E-state index >= 15 is 0 Å². The quantitative estimate of drug-likeness (QED) is 0.937. The normalized spacial score (nSPS) is 20.2. The number of aromatic nitrogens is 1. The number of thiophene rings is 1. The second-order valence-corrected chi connectivity index (χ2v) is 7.30. The van der Waals surface area contributed by atoms with Crippen LogP contribution in [0.4, 0.5) is 5.13 Å². The van der Waals surface area contributed by atoms with E-state index in [1.54, 1.807) is 22.7 Å². The van der Waals surface area contributed by atoms with Crippen LogP contribution in [0.15, 0.2) is 11.4 Å². The standard InChI is InChI=1S/C14H19N3S2/c1-9-6-11(18-8-9)13-12(19-14(15)16-13)7-17-5-3-4-10(17)2/h6,8,10H,3-5,7H2,1-2H3,(H2,15,16). The molecule has 0 bridgehead atoms. The number of hydrogen-bond donors (Lipinski definition) is 1. The summed E-state index contributed by atoms with van der Waals surface area (Å²) in [4.78, 5) is 9.64. The molecule has 3 heterocycles. The van der Waals surface area contributed by atoms with Crippen molar-refractivity contribution in [2.45, 2.75) is 39.3 Å². The minimum Gasteiger partial charge on any atom is -0.375 e. The summed E-state index contributed by atoms with van der Waals surface area (Å²) in [5.74, 6) is 0. The summed E-state index contributed by atoms with van der Waals surface area (Å²) in [5, 5.41) is 2.86. The van der Waals surface area contributed by atoms with Crippen molar-refractivity contribution in [3.05, 3.63) is 21.9 Å². The van der Waals surface area contributed by atoms with Gasteiger partial charge in [0, 0.05) is 17.5 Å². The van der Waals surface area contributed by atoms with Crippen LogP contribution in [0, 0.1) is 6.92 Å². The highest BCUT2D eigenvalue weighted by Gasteiger charge is 2.23. The van der Waals surface area contributed by atoms with Crippen LogP contribution in [0.2, 0.25) is 0 Å². The Morgan fingerprint density at radius 1 is 1.53 bits per heavy atom. The van der Waals surface area contributed by atoms with Gasteiger partial charge in [-0.25, -0.2) is 4.98 Å². The molecule has 0 aliphatic carbocycles. The average Bonchev–Trinajstić information content (AvgIpc) is 3.03. The molecule has 1 unspecified atom stereocenters. The fourth-order valence-electron chi connectivity index (χ4n) is 2.64. The molecule has 0 saturated carbocycles. The molecule has 1 aliphatic heterocycles. The van der Waals surface area contributed by atoms with Crippen LogP contribution in [-0.2, 0) is 6.54 Å². The summed E-state index contributed by atoms with van der Waals surface area (Å²) in [6.45, 7) is 6.62. The van der Waals surface area contributed by atoms with Crippen molar-refractivity contribution >= 4 is 27.8 Å². The van der Waals surface area contributed by atoms with E-state index in [-0.39, 0.29) is 0 Å². The number of rotatable bonds is 3. The number of nitrogen functional groups attached to an aromatic ring is 1. The summed E-state index contributed by atoms with van der Waals surface area (Å²) in [6.07, 6.45) is 2.62. The maximum atomic E-state index is 5.93. The molecule has 2 aromatic heterocycles. The Morgan fingerprint density at radius 3 is 3.00 bits per heavy atom. The monoisotopic (exact) mass is 293 g/mol. The van der Waals surface area contributed by atoms with Crippen molar-refractivity contribution in [1.82, 2.24) is 9.88 Å². The van der Waals surface area contributed by atoms with E-state index in [1.165, 1.54) is 34.7 Å². The van der Waals surface area contributed by atoms with Crippen LogP contribution in [0.3, 0.4) is 0 Å². The van der Waals surface area contributed by atoms with Crippen molar-refractivity contribution in [1.29, 1.82) is 0 Å². The van der Waals surface area contributed by atoms with E-state index in [9.17, 15) is 0 Å². The van der Waals surface area contributed by atoms with Crippen LogP contribution in [0.25, 0.3) is 10.6 Å². The third kappa shape index (κ3) is 2.68. The SMILES string of the molecule is Cc1csc(-c2nc(N)sc2CN2CCCC2C)c1. The minimum absolute atomic E-state index is 0.682. The maximum absolute atomic E-state index is 5.93. The summed E-state index contributed by atoms with van der Waals surface area (Å²) >= 11 is 3.40. The Hall–Kier alpha value is -0.910. The Morgan fingerprint density at radius 2 is 2.37 bits per heavy atom. The Kier molecular flexibility index (Phi) is 3.60. The molecule has 0 radical (unpaired) electrons. The van der Waals surface area contributed by atoms with Gasteiger partial charge in [0.05, 0.1) is 10.6 Å². The fraction of sp³-hybridized carbons (Fsp3) is 0.500. The van der Waals surface area contributed by atoms with Gasteiger partial charge in [-0.15, -0.1) is 22.7 Å². The molecule has 1 aliphatic rings. The predicted molar refractivity (Wildman–Crippen MR) is 83.7 cm³/mol. The lowest BCUT2D eigenvalue weighted by atomic mass is 10.2. The second kappa shape index (κ2) is 5.23. The van der Waals surface area contributed by atoms with Gasteiger partial charge in [-0.05, 0) is 50.2 Å². The molecule has 3 rings (SSSR count). The molecule has 19 heavy (non-hydrogen) atoms. The lowest BCUT2D eigenvalue weighted by Gasteiger charge is -2.20. The number of aryl methyl sites for hydroxylation is 1. The molecule has 0 spiro atoms. The zero-order valence-corrected chi connectivity index (χ0v) is 13.0. The van der Waals surface area contributed by atoms with Crippen LogP contribution >= 0.6 is 22.7 Å². The van der Waals surface area contributed by atoms with E-state index in [2.05, 4.69) is 35.2 Å². The van der Waals surface area contributed by atoms with Crippen molar-refractivity contribution < 1.29 is 0 Å². The van der Waals surface area contributed by atoms with Crippen molar-refractivity contribution in [2.75, 3.05) is 12.3 Å². The van der Waals surface area contributed by atoms with Gasteiger partial charge in [-0.1, -0.05) is 0 Å². The summed E-state index contributed by atoms with van der Waals surface area (Å²) in [5.41, 5.74) is 8.32. The number of anilines is 1. The van der Waals surface area contributed by atoms with E-state index in [0.717, 1.165) is 12.2 Å². The number of thiazole rings is 1. The van der Waals surface area contributed by atoms with Gasteiger partial charge in [-0.2, -0.15) is 0 Å². The number of hydrogen-bond acceptors (Lipinski definition) is 5. The Balaban J connectivity index is 1.89. The number of nitrogens with two attached hydrogens (primary N) is 1. The number of nitrogens with zero attached hydrogens (tertiary/aromatic N) is 2. The van der Waals surface area contributed by atoms with Crippen LogP contribution in [-0.4, -0.2) is 22.5 Å². The zero-order chi connectivity index (χ0) is 13.4. The van der Waals surface area contributed by atoms with Gasteiger partial charge in [-0.3, -0.25) is 4.90 Å². The zero-order valence-electron chi connectivity index (χ0n) is 11.3. The fourth-order valence-corrected chi connectivity index (χ4v) is 4.49. The lowest BCUT2D eigenvalue weighted by molar-refractivity contribution is 0.263. The van der Waals surface area contributed by atoms with Crippen molar-refractivity contribution in [3.8, 4) is 10.6 Å². The molecule has 5 heteroatoms. The molecule has 1 saturated heterocycles. The van der Waals surface area contributed by atoms with Gasteiger partial charge in [0.25, 0.3) is 0 Å². The van der Waals surface area contributed by atoms with Gasteiger partial charge in [0.2, 0.25) is 0 Å². The third-order valence-electron chi connectivity index (χ3n) is 3.72. The highest BCUT2D eigenvalue weighted by molar-refractivity contribution is 7.17. The molecular weight excluding hydrogens is 274 g/mol. The minimum atomic E-state index is 0.682. The van der Waals surface area contributed by atoms with Crippen molar-refractivity contribution in [2.24, 2.45) is 0 Å². The predicted octanol–water partition coefficient (Wildman–Crippen LogP) is 3.75. The first-order valence-corrected chi connectivity index (χ1v) is 8.38. The smallest absolute Gasteiger partial charge is 0.180 e. The van der Waals surface area contributed by atoms with E-state index in [1.807, 2.05) is 0 Å². The van der Waals surface area contributed by atoms with Gasteiger partial charge in [0.15, 0.2) is 5.13 Å². The Bertz CT molecular complexity index is 573. The Labute approximate surface area is 122 Å². The third-order valence-corrected chi connectivity index (χ3v) is 5.64. The molecule has 0 amide bonds. The highest BCUT2D eigenvalue weighted by atomic mass is 32.1. The molecule has 3 nitrogen and oxygen atoms in total. The topological polar surface area (TPSA) is 42.1 Å². The molecule has 102 valence electrons. The molecule has 2 N–H and O–H groups in total. The van der Waals surface area contributed by atoms with Gasteiger partial charge in [0.1, 0.15) is 0 Å². The number of likely N-dealkylation sites (tertiary alicyclic amines) is 1. The van der Waals surface area contributed by atoms with E-state index in [0.29, 0.717) is 11.2 Å². The van der Waals surface area contributed by atoms with Gasteiger partial charge < -0.3 is 5.73 Å². The molecule has 2 aromatic rings. The average molecular weight is 293 g/mol. The van der Waals surface area contributed by atoms with Crippen LogP contribution in [0.1, 0.15) is 30.2 Å².